The zero-order valence-corrected chi connectivity index (χ0v) is 18.7. The van der Waals surface area contributed by atoms with Crippen LogP contribution in [0, 0.1) is 0 Å². The first-order chi connectivity index (χ1) is 16.8. The smallest absolute Gasteiger partial charge is 0.479 e. The summed E-state index contributed by atoms with van der Waals surface area (Å²) in [6.07, 6.45) is -6.95. The van der Waals surface area contributed by atoms with Crippen LogP contribution in [0.3, 0.4) is 0 Å². The summed E-state index contributed by atoms with van der Waals surface area (Å²) in [4.78, 5) is 23.8. The van der Waals surface area contributed by atoms with Crippen LogP contribution in [0.1, 0.15) is 12.5 Å². The first kappa shape index (κ1) is 28.2. The molecule has 0 unspecified atom stereocenters. The maximum atomic E-state index is 12.2. The van der Waals surface area contributed by atoms with Crippen molar-refractivity contribution in [3.63, 3.8) is 0 Å². The molecule has 3 aromatic rings. The van der Waals surface area contributed by atoms with Gasteiger partial charge in [-0.3, -0.25) is 0 Å². The highest BCUT2D eigenvalue weighted by Gasteiger charge is 2.31. The Hall–Kier alpha value is -4.01. The summed E-state index contributed by atoms with van der Waals surface area (Å²) in [5.41, 5.74) is 8.33. The van der Waals surface area contributed by atoms with Gasteiger partial charge in [0.1, 0.15) is 12.1 Å². The molecular formula is C22H23F3N4O7. The van der Waals surface area contributed by atoms with Crippen molar-refractivity contribution in [1.29, 1.82) is 0 Å². The Morgan fingerprint density at radius 2 is 1.53 bits per heavy atom. The second kappa shape index (κ2) is 12.1. The molecule has 14 heteroatoms. The summed E-state index contributed by atoms with van der Waals surface area (Å²) < 4.78 is 41.9. The van der Waals surface area contributed by atoms with E-state index < -0.39 is 30.5 Å². The summed E-state index contributed by atoms with van der Waals surface area (Å²) >= 11 is 0. The molecule has 2 aromatic carbocycles. The van der Waals surface area contributed by atoms with Gasteiger partial charge < -0.3 is 30.9 Å². The number of benzene rings is 2. The molecule has 3 rings (SSSR count). The van der Waals surface area contributed by atoms with E-state index in [0.717, 1.165) is 17.5 Å². The fourth-order valence-corrected chi connectivity index (χ4v) is 2.75. The molecule has 1 heterocycles. The number of ether oxygens (including phenoxy) is 1. The van der Waals surface area contributed by atoms with E-state index in [9.17, 15) is 22.8 Å². The average Bonchev–Trinajstić information content (AvgIpc) is 3.28. The number of halogens is 3. The van der Waals surface area contributed by atoms with Crippen molar-refractivity contribution in [2.75, 3.05) is 0 Å². The van der Waals surface area contributed by atoms with Gasteiger partial charge in [0.25, 0.3) is 0 Å². The first-order valence-corrected chi connectivity index (χ1v) is 10.2. The summed E-state index contributed by atoms with van der Waals surface area (Å²) in [5, 5.41) is 36.9. The number of aliphatic hydroxyl groups is 2. The summed E-state index contributed by atoms with van der Waals surface area (Å²) in [6.45, 7) is 1.95. The Labute approximate surface area is 202 Å². The molecule has 0 aliphatic heterocycles. The number of rotatable bonds is 8. The van der Waals surface area contributed by atoms with Crippen molar-refractivity contribution < 1.29 is 47.9 Å². The summed E-state index contributed by atoms with van der Waals surface area (Å²) in [7, 11) is 0. The lowest BCUT2D eigenvalue weighted by atomic mass is 10.1. The molecule has 0 saturated heterocycles. The van der Waals surface area contributed by atoms with Crippen molar-refractivity contribution in [3.8, 4) is 22.8 Å². The van der Waals surface area contributed by atoms with E-state index in [2.05, 4.69) is 14.8 Å². The number of carbonyl (C=O) groups is 2. The van der Waals surface area contributed by atoms with Gasteiger partial charge in [-0.15, -0.1) is 18.3 Å². The fourth-order valence-electron chi connectivity index (χ4n) is 2.75. The molecular weight excluding hydrogens is 489 g/mol. The second-order valence-corrected chi connectivity index (χ2v) is 7.50. The Morgan fingerprint density at radius 3 is 1.97 bits per heavy atom. The van der Waals surface area contributed by atoms with Crippen LogP contribution >= 0.6 is 0 Å². The maximum Gasteiger partial charge on any atom is 0.573 e. The minimum atomic E-state index is -4.71. The molecule has 0 aliphatic carbocycles. The Kier molecular flexibility index (Phi) is 9.49. The highest BCUT2D eigenvalue weighted by Crippen LogP contribution is 2.24. The number of nitrogens with zero attached hydrogens (tertiary/aromatic N) is 3. The zero-order chi connectivity index (χ0) is 27.0. The van der Waals surface area contributed by atoms with E-state index in [4.69, 9.17) is 26.2 Å². The van der Waals surface area contributed by atoms with Gasteiger partial charge in [-0.25, -0.2) is 19.3 Å². The van der Waals surface area contributed by atoms with Crippen molar-refractivity contribution in [3.05, 3.63) is 60.4 Å². The number of hydrogen-bond acceptors (Lipinski definition) is 8. The van der Waals surface area contributed by atoms with Gasteiger partial charge in [-0.1, -0.05) is 24.3 Å². The highest BCUT2D eigenvalue weighted by molar-refractivity contribution is 5.83. The molecule has 1 aromatic heterocycles. The molecule has 194 valence electrons. The van der Waals surface area contributed by atoms with Crippen LogP contribution in [0.4, 0.5) is 13.2 Å². The van der Waals surface area contributed by atoms with E-state index in [1.807, 2.05) is 31.2 Å². The van der Waals surface area contributed by atoms with Gasteiger partial charge in [-0.2, -0.15) is 0 Å². The molecule has 0 bridgehead atoms. The predicted octanol–water partition coefficient (Wildman–Crippen LogP) is 1.60. The van der Waals surface area contributed by atoms with E-state index in [1.165, 1.54) is 35.3 Å². The van der Waals surface area contributed by atoms with Crippen molar-refractivity contribution in [1.82, 2.24) is 14.8 Å². The predicted molar refractivity (Wildman–Crippen MR) is 118 cm³/mol. The van der Waals surface area contributed by atoms with Crippen LogP contribution in [-0.2, 0) is 16.0 Å². The topological polar surface area (TPSA) is 181 Å². The highest BCUT2D eigenvalue weighted by atomic mass is 19.4. The molecule has 0 saturated carbocycles. The summed E-state index contributed by atoms with van der Waals surface area (Å²) in [6, 6.07) is 13.3. The third kappa shape index (κ3) is 8.65. The number of hydrogen-bond donors (Lipinski definition) is 5. The molecule has 0 aliphatic rings. The van der Waals surface area contributed by atoms with Gasteiger partial charge in [0.05, 0.1) is 5.69 Å². The largest absolute Gasteiger partial charge is 0.573 e. The number of aliphatic hydroxyl groups excluding tert-OH is 2. The monoisotopic (exact) mass is 512 g/mol. The first-order valence-electron chi connectivity index (χ1n) is 10.2. The number of nitrogens with two attached hydrogens (primary N) is 1. The van der Waals surface area contributed by atoms with E-state index in [1.54, 1.807) is 0 Å². The molecule has 36 heavy (non-hydrogen) atoms. The standard InChI is InChI=1S/C18H17F3N4O.C4H6O6/c1-12(22)10-13-2-4-14(5-3-13)17-23-11-25(24-17)15-6-8-16(9-7-15)26-18(19,20)21;5-1(3(7)8)2(6)4(9)10/h2-9,11-12H,10,22H2,1H3;1-2,5-6H,(H,7,8)(H,9,10)/t12-;1-,2-/m10/s1. The normalized spacial score (nSPS) is 13.6. The molecule has 0 fully saturated rings. The molecule has 3 atom stereocenters. The van der Waals surface area contributed by atoms with Gasteiger partial charge in [0.15, 0.2) is 18.0 Å². The van der Waals surface area contributed by atoms with Crippen LogP contribution in [0.2, 0.25) is 0 Å². The van der Waals surface area contributed by atoms with Gasteiger partial charge in [0, 0.05) is 11.6 Å². The van der Waals surface area contributed by atoms with E-state index >= 15 is 0 Å². The third-order valence-corrected chi connectivity index (χ3v) is 4.40. The third-order valence-electron chi connectivity index (χ3n) is 4.40. The van der Waals surface area contributed by atoms with Crippen LogP contribution in [0.5, 0.6) is 5.75 Å². The number of aliphatic carboxylic acids is 2. The molecule has 11 nitrogen and oxygen atoms in total. The second-order valence-electron chi connectivity index (χ2n) is 7.50. The Balaban J connectivity index is 0.000000388. The molecule has 6 N–H and O–H groups in total. The quantitative estimate of drug-likeness (QED) is 0.297. The number of alkyl halides is 3. The van der Waals surface area contributed by atoms with E-state index in [-0.39, 0.29) is 11.8 Å². The van der Waals surface area contributed by atoms with Crippen molar-refractivity contribution >= 4 is 11.9 Å². The van der Waals surface area contributed by atoms with Crippen LogP contribution in [-0.4, -0.2) is 71.7 Å². The lowest BCUT2D eigenvalue weighted by Crippen LogP contribution is -2.39. The van der Waals surface area contributed by atoms with Crippen molar-refractivity contribution in [2.24, 2.45) is 5.73 Å². The fraction of sp³-hybridized carbons (Fsp3) is 0.273. The van der Waals surface area contributed by atoms with Crippen LogP contribution < -0.4 is 10.5 Å². The Bertz CT molecular complexity index is 1130. The van der Waals surface area contributed by atoms with Gasteiger partial charge in [-0.05, 0) is 43.2 Å². The van der Waals surface area contributed by atoms with E-state index in [0.29, 0.717) is 11.5 Å². The maximum absolute atomic E-state index is 12.2. The van der Waals surface area contributed by atoms with Gasteiger partial charge in [0.2, 0.25) is 0 Å². The van der Waals surface area contributed by atoms with Crippen LogP contribution in [0.15, 0.2) is 54.9 Å². The SMILES string of the molecule is C[C@@H](N)Cc1ccc(-c2ncn(-c3ccc(OC(F)(F)F)cc3)n2)cc1.O=C(O)[C@@H](O)[C@H](O)C(=O)O. The number of carboxylic acid groups (broad SMARTS) is 2. The minimum absolute atomic E-state index is 0.0856. The lowest BCUT2D eigenvalue weighted by Gasteiger charge is -2.09. The minimum Gasteiger partial charge on any atom is -0.479 e. The van der Waals surface area contributed by atoms with Gasteiger partial charge >= 0.3 is 18.3 Å². The lowest BCUT2D eigenvalue weighted by molar-refractivity contribution is -0.274. The summed E-state index contributed by atoms with van der Waals surface area (Å²) in [5.74, 6) is -3.30. The molecule has 0 amide bonds. The average molecular weight is 512 g/mol. The van der Waals surface area contributed by atoms with Crippen molar-refractivity contribution in [2.45, 2.75) is 38.0 Å². The Morgan fingerprint density at radius 1 is 1.00 bits per heavy atom. The molecule has 0 radical (unpaired) electrons. The number of carboxylic acids is 2. The number of aromatic nitrogens is 3. The van der Waals surface area contributed by atoms with Crippen LogP contribution in [0.25, 0.3) is 17.1 Å². The zero-order valence-electron chi connectivity index (χ0n) is 18.7. The molecule has 0 spiro atoms.